The van der Waals surface area contributed by atoms with Gasteiger partial charge in [0.05, 0.1) is 11.1 Å². The second kappa shape index (κ2) is 6.60. The molecule has 1 saturated heterocycles. The van der Waals surface area contributed by atoms with E-state index in [0.717, 1.165) is 5.82 Å². The summed E-state index contributed by atoms with van der Waals surface area (Å²) in [6, 6.07) is 4.34. The first kappa shape index (κ1) is 16.4. The van der Waals surface area contributed by atoms with Crippen LogP contribution in [0.25, 0.3) is 0 Å². The van der Waals surface area contributed by atoms with Crippen molar-refractivity contribution in [1.29, 1.82) is 0 Å². The molecule has 0 spiro atoms. The maximum atomic E-state index is 12.7. The Labute approximate surface area is 144 Å². The molecule has 0 saturated carbocycles. The van der Waals surface area contributed by atoms with Gasteiger partial charge in [0.15, 0.2) is 0 Å². The zero-order valence-corrected chi connectivity index (χ0v) is 14.4. The van der Waals surface area contributed by atoms with E-state index in [1.54, 1.807) is 18.6 Å². The van der Waals surface area contributed by atoms with E-state index in [9.17, 15) is 8.42 Å². The monoisotopic (exact) mass is 372 g/mol. The van der Waals surface area contributed by atoms with E-state index in [1.165, 1.54) is 22.5 Å². The summed E-state index contributed by atoms with van der Waals surface area (Å²) >= 11 is 11.8. The molecule has 122 valence electrons. The van der Waals surface area contributed by atoms with Crippen LogP contribution in [-0.4, -0.2) is 48.9 Å². The molecular weight excluding hydrogens is 359 g/mol. The normalized spacial score (nSPS) is 16.5. The van der Waals surface area contributed by atoms with Crippen LogP contribution in [0.4, 0.5) is 5.82 Å². The third kappa shape index (κ3) is 3.58. The molecule has 0 atom stereocenters. The van der Waals surface area contributed by atoms with E-state index in [-0.39, 0.29) is 4.90 Å². The van der Waals surface area contributed by atoms with Crippen LogP contribution in [0.1, 0.15) is 0 Å². The van der Waals surface area contributed by atoms with Crippen molar-refractivity contribution >= 4 is 39.0 Å². The molecule has 1 aromatic carbocycles. The predicted octanol–water partition coefficient (Wildman–Crippen LogP) is 2.29. The van der Waals surface area contributed by atoms with Crippen molar-refractivity contribution in [2.24, 2.45) is 0 Å². The van der Waals surface area contributed by atoms with Gasteiger partial charge in [-0.1, -0.05) is 23.2 Å². The maximum Gasteiger partial charge on any atom is 0.243 e. The van der Waals surface area contributed by atoms with Crippen LogP contribution >= 0.6 is 23.2 Å². The summed E-state index contributed by atoms with van der Waals surface area (Å²) in [5.41, 5.74) is 0. The smallest absolute Gasteiger partial charge is 0.243 e. The third-order valence-electron chi connectivity index (χ3n) is 3.59. The molecule has 3 rings (SSSR count). The van der Waals surface area contributed by atoms with Crippen LogP contribution in [0.15, 0.2) is 41.7 Å². The molecule has 6 nitrogen and oxygen atoms in total. The van der Waals surface area contributed by atoms with Crippen molar-refractivity contribution in [3.8, 4) is 0 Å². The average Bonchev–Trinajstić information content (AvgIpc) is 2.55. The lowest BCUT2D eigenvalue weighted by Gasteiger charge is -2.34. The van der Waals surface area contributed by atoms with Gasteiger partial charge in [0.1, 0.15) is 5.82 Å². The highest BCUT2D eigenvalue weighted by Crippen LogP contribution is 2.25. The van der Waals surface area contributed by atoms with Crippen LogP contribution < -0.4 is 4.90 Å². The van der Waals surface area contributed by atoms with Crippen LogP contribution in [0.3, 0.4) is 0 Å². The zero-order valence-electron chi connectivity index (χ0n) is 12.1. The molecule has 2 heterocycles. The first-order chi connectivity index (χ1) is 11.0. The fraction of sp³-hybridized carbons (Fsp3) is 0.286. The first-order valence-electron chi connectivity index (χ1n) is 6.94. The Morgan fingerprint density at radius 1 is 0.957 bits per heavy atom. The lowest BCUT2D eigenvalue weighted by atomic mass is 10.3. The number of rotatable bonds is 3. The fourth-order valence-corrected chi connectivity index (χ4v) is 4.59. The Balaban J connectivity index is 1.76. The van der Waals surface area contributed by atoms with Crippen molar-refractivity contribution in [3.63, 3.8) is 0 Å². The Morgan fingerprint density at radius 3 is 2.17 bits per heavy atom. The highest BCUT2D eigenvalue weighted by molar-refractivity contribution is 7.89. The molecule has 0 amide bonds. The molecule has 0 aliphatic carbocycles. The van der Waals surface area contributed by atoms with Gasteiger partial charge < -0.3 is 4.90 Å². The van der Waals surface area contributed by atoms with Crippen LogP contribution in [0, 0.1) is 0 Å². The lowest BCUT2D eigenvalue weighted by Crippen LogP contribution is -2.48. The van der Waals surface area contributed by atoms with Crippen molar-refractivity contribution in [1.82, 2.24) is 14.3 Å². The minimum Gasteiger partial charge on any atom is -0.353 e. The first-order valence-corrected chi connectivity index (χ1v) is 9.13. The predicted molar refractivity (Wildman–Crippen MR) is 89.5 cm³/mol. The zero-order chi connectivity index (χ0) is 16.4. The molecule has 1 aromatic heterocycles. The van der Waals surface area contributed by atoms with Gasteiger partial charge in [0, 0.05) is 48.6 Å². The van der Waals surface area contributed by atoms with Gasteiger partial charge >= 0.3 is 0 Å². The number of sulfonamides is 1. The van der Waals surface area contributed by atoms with Crippen molar-refractivity contribution < 1.29 is 8.42 Å². The number of anilines is 1. The Morgan fingerprint density at radius 2 is 1.61 bits per heavy atom. The summed E-state index contributed by atoms with van der Waals surface area (Å²) in [5.74, 6) is 0.746. The molecular formula is C14H14Cl2N4O2S. The number of halogens is 2. The van der Waals surface area contributed by atoms with Gasteiger partial charge in [0.2, 0.25) is 10.0 Å². The SMILES string of the molecule is O=S(=O)(c1cc(Cl)cc(Cl)c1)N1CCN(c2cnccn2)CC1. The lowest BCUT2D eigenvalue weighted by molar-refractivity contribution is 0.383. The summed E-state index contributed by atoms with van der Waals surface area (Å²) in [6.07, 6.45) is 4.89. The maximum absolute atomic E-state index is 12.7. The summed E-state index contributed by atoms with van der Waals surface area (Å²) in [5, 5.41) is 0.601. The van der Waals surface area contributed by atoms with Crippen LogP contribution in [0.5, 0.6) is 0 Å². The molecule has 0 radical (unpaired) electrons. The van der Waals surface area contributed by atoms with Gasteiger partial charge in [-0.2, -0.15) is 4.31 Å². The topological polar surface area (TPSA) is 66.4 Å². The highest BCUT2D eigenvalue weighted by Gasteiger charge is 2.29. The summed E-state index contributed by atoms with van der Waals surface area (Å²) < 4.78 is 26.8. The minimum atomic E-state index is -3.61. The molecule has 0 N–H and O–H groups in total. The number of piperazine rings is 1. The summed E-state index contributed by atoms with van der Waals surface area (Å²) in [6.45, 7) is 1.82. The fourth-order valence-electron chi connectivity index (χ4n) is 2.44. The quantitative estimate of drug-likeness (QED) is 0.826. The van der Waals surface area contributed by atoms with Crippen molar-refractivity contribution in [2.75, 3.05) is 31.1 Å². The molecule has 1 fully saturated rings. The minimum absolute atomic E-state index is 0.114. The van der Waals surface area contributed by atoms with Gasteiger partial charge in [-0.3, -0.25) is 4.98 Å². The molecule has 0 bridgehead atoms. The van der Waals surface area contributed by atoms with Crippen LogP contribution in [-0.2, 0) is 10.0 Å². The standard InChI is InChI=1S/C14H14Cl2N4O2S/c15-11-7-12(16)9-13(8-11)23(21,22)20-5-3-19(4-6-20)14-10-17-1-2-18-14/h1-2,7-10H,3-6H2. The number of hydrogen-bond donors (Lipinski definition) is 0. The number of benzene rings is 1. The molecule has 1 aliphatic rings. The van der Waals surface area contributed by atoms with Crippen molar-refractivity contribution in [2.45, 2.75) is 4.90 Å². The Kier molecular flexibility index (Phi) is 4.72. The molecule has 1 aliphatic heterocycles. The highest BCUT2D eigenvalue weighted by atomic mass is 35.5. The molecule has 23 heavy (non-hydrogen) atoms. The summed E-state index contributed by atoms with van der Waals surface area (Å²) in [7, 11) is -3.61. The van der Waals surface area contributed by atoms with Gasteiger partial charge in [-0.05, 0) is 18.2 Å². The van der Waals surface area contributed by atoms with Gasteiger partial charge in [0.25, 0.3) is 0 Å². The van der Waals surface area contributed by atoms with E-state index < -0.39 is 10.0 Å². The van der Waals surface area contributed by atoms with E-state index in [1.807, 2.05) is 4.90 Å². The summed E-state index contributed by atoms with van der Waals surface area (Å²) in [4.78, 5) is 10.4. The van der Waals surface area contributed by atoms with E-state index in [4.69, 9.17) is 23.2 Å². The number of hydrogen-bond acceptors (Lipinski definition) is 5. The third-order valence-corrected chi connectivity index (χ3v) is 5.90. The molecule has 0 unspecified atom stereocenters. The molecule has 9 heteroatoms. The number of aromatic nitrogens is 2. The number of nitrogens with zero attached hydrogens (tertiary/aromatic N) is 4. The second-order valence-electron chi connectivity index (χ2n) is 5.06. The second-order valence-corrected chi connectivity index (χ2v) is 7.87. The van der Waals surface area contributed by atoms with Crippen LogP contribution in [0.2, 0.25) is 10.0 Å². The Bertz CT molecular complexity index is 773. The van der Waals surface area contributed by atoms with E-state index in [2.05, 4.69) is 9.97 Å². The van der Waals surface area contributed by atoms with Crippen molar-refractivity contribution in [3.05, 3.63) is 46.8 Å². The largest absolute Gasteiger partial charge is 0.353 e. The van der Waals surface area contributed by atoms with Gasteiger partial charge in [-0.25, -0.2) is 13.4 Å². The van der Waals surface area contributed by atoms with Gasteiger partial charge in [-0.15, -0.1) is 0 Å². The molecule has 2 aromatic rings. The Hall–Kier alpha value is -1.41. The average molecular weight is 373 g/mol. The van der Waals surface area contributed by atoms with E-state index >= 15 is 0 Å². The van der Waals surface area contributed by atoms with E-state index in [0.29, 0.717) is 36.2 Å².